The summed E-state index contributed by atoms with van der Waals surface area (Å²) in [6.45, 7) is 12.8. The van der Waals surface area contributed by atoms with Crippen LogP contribution in [-0.2, 0) is 9.53 Å². The Morgan fingerprint density at radius 1 is 1.28 bits per heavy atom. The number of carbonyl (C=O) groups excluding carboxylic acids is 1. The lowest BCUT2D eigenvalue weighted by molar-refractivity contribution is -0.954. The van der Waals surface area contributed by atoms with Crippen LogP contribution < -0.4 is 10.2 Å². The van der Waals surface area contributed by atoms with Gasteiger partial charge in [-0.1, -0.05) is 37.7 Å². The molecule has 0 atom stereocenters. The van der Waals surface area contributed by atoms with Crippen molar-refractivity contribution < 1.29 is 14.4 Å². The van der Waals surface area contributed by atoms with Gasteiger partial charge in [-0.2, -0.15) is 4.68 Å². The second-order valence-electron chi connectivity index (χ2n) is 8.28. The smallest absolute Gasteiger partial charge is 0.230 e. The summed E-state index contributed by atoms with van der Waals surface area (Å²) >= 11 is 1.34. The van der Waals surface area contributed by atoms with E-state index in [9.17, 15) is 4.79 Å². The highest BCUT2D eigenvalue weighted by atomic mass is 32.2. The molecule has 1 amide bonds. The van der Waals surface area contributed by atoms with Crippen molar-refractivity contribution in [1.82, 2.24) is 25.5 Å². The minimum Gasteiger partial charge on any atom is -0.370 e. The van der Waals surface area contributed by atoms with E-state index in [-0.39, 0.29) is 17.2 Å². The highest BCUT2D eigenvalue weighted by molar-refractivity contribution is 7.99. The average molecular weight is 420 g/mol. The third-order valence-corrected chi connectivity index (χ3v) is 6.28. The van der Waals surface area contributed by atoms with E-state index in [1.54, 1.807) is 4.68 Å². The summed E-state index contributed by atoms with van der Waals surface area (Å²) in [5.41, 5.74) is 2.13. The Balaban J connectivity index is 1.52. The van der Waals surface area contributed by atoms with Crippen molar-refractivity contribution in [2.45, 2.75) is 44.3 Å². The number of nitrogens with zero attached hydrogens (tertiary/aromatic N) is 4. The second-order valence-corrected chi connectivity index (χ2v) is 9.23. The number of quaternary nitrogens is 1. The molecule has 0 spiro atoms. The maximum absolute atomic E-state index is 12.4. The van der Waals surface area contributed by atoms with E-state index < -0.39 is 0 Å². The van der Waals surface area contributed by atoms with Crippen LogP contribution in [0.15, 0.2) is 29.4 Å². The first kappa shape index (κ1) is 21.7. The molecular formula is C20H31N6O2S+. The molecule has 2 N–H and O–H groups in total. The number of aromatic nitrogens is 4. The first-order valence-electron chi connectivity index (χ1n) is 10.1. The number of hydrogen-bond acceptors (Lipinski definition) is 6. The first-order valence-corrected chi connectivity index (χ1v) is 11.1. The molecule has 1 saturated heterocycles. The Hall–Kier alpha value is -1.97. The van der Waals surface area contributed by atoms with Gasteiger partial charge in [-0.05, 0) is 47.9 Å². The van der Waals surface area contributed by atoms with Crippen LogP contribution in [0.25, 0.3) is 5.69 Å². The van der Waals surface area contributed by atoms with Crippen LogP contribution in [0.3, 0.4) is 0 Å². The molecule has 0 radical (unpaired) electrons. The lowest BCUT2D eigenvalue weighted by atomic mass is 10.0. The van der Waals surface area contributed by atoms with Gasteiger partial charge in [-0.3, -0.25) is 4.79 Å². The summed E-state index contributed by atoms with van der Waals surface area (Å²) in [7, 11) is 0. The number of tetrazole rings is 1. The van der Waals surface area contributed by atoms with E-state index in [1.165, 1.54) is 22.2 Å². The third-order valence-electron chi connectivity index (χ3n) is 5.36. The zero-order valence-corrected chi connectivity index (χ0v) is 18.5. The normalized spacial score (nSPS) is 15.6. The van der Waals surface area contributed by atoms with Gasteiger partial charge in [0.15, 0.2) is 0 Å². The van der Waals surface area contributed by atoms with Gasteiger partial charge in [-0.15, -0.1) is 5.10 Å². The van der Waals surface area contributed by atoms with E-state index in [0.717, 1.165) is 32.0 Å². The molecule has 0 saturated carbocycles. The van der Waals surface area contributed by atoms with Crippen molar-refractivity contribution in [2.24, 2.45) is 0 Å². The van der Waals surface area contributed by atoms with Gasteiger partial charge < -0.3 is 15.0 Å². The lowest BCUT2D eigenvalue weighted by Gasteiger charge is -2.37. The molecule has 1 aliphatic heterocycles. The Morgan fingerprint density at radius 2 is 1.97 bits per heavy atom. The van der Waals surface area contributed by atoms with Crippen molar-refractivity contribution in [3.8, 4) is 5.69 Å². The van der Waals surface area contributed by atoms with Gasteiger partial charge in [0.25, 0.3) is 0 Å². The van der Waals surface area contributed by atoms with E-state index in [2.05, 4.69) is 60.7 Å². The van der Waals surface area contributed by atoms with Crippen molar-refractivity contribution in [1.29, 1.82) is 0 Å². The SMILES string of the molecule is CC(C)c1ccc(-n2nnnc2SCC(=O)NCC(C)(C)[NH+]2CCOCC2)cc1. The van der Waals surface area contributed by atoms with Crippen LogP contribution in [0.4, 0.5) is 0 Å². The fraction of sp³-hybridized carbons (Fsp3) is 0.600. The molecule has 1 aromatic carbocycles. The van der Waals surface area contributed by atoms with Crippen molar-refractivity contribution in [3.63, 3.8) is 0 Å². The Morgan fingerprint density at radius 3 is 2.62 bits per heavy atom. The number of nitrogens with one attached hydrogen (secondary N) is 2. The largest absolute Gasteiger partial charge is 0.370 e. The Labute approximate surface area is 176 Å². The first-order chi connectivity index (χ1) is 13.9. The molecule has 9 heteroatoms. The van der Waals surface area contributed by atoms with Crippen molar-refractivity contribution in [2.75, 3.05) is 38.6 Å². The van der Waals surface area contributed by atoms with Crippen molar-refractivity contribution >= 4 is 17.7 Å². The maximum Gasteiger partial charge on any atom is 0.230 e. The van der Waals surface area contributed by atoms with Crippen LogP contribution in [0, 0.1) is 0 Å². The van der Waals surface area contributed by atoms with Gasteiger partial charge >= 0.3 is 0 Å². The number of carbonyl (C=O) groups is 1. The Bertz CT molecular complexity index is 800. The highest BCUT2D eigenvalue weighted by Gasteiger charge is 2.32. The minimum absolute atomic E-state index is 0.0135. The fourth-order valence-corrected chi connectivity index (χ4v) is 4.07. The van der Waals surface area contributed by atoms with E-state index in [1.807, 2.05) is 12.1 Å². The predicted molar refractivity (Wildman–Crippen MR) is 113 cm³/mol. The molecule has 29 heavy (non-hydrogen) atoms. The quantitative estimate of drug-likeness (QED) is 0.613. The number of amides is 1. The summed E-state index contributed by atoms with van der Waals surface area (Å²) in [5, 5.41) is 15.6. The summed E-state index contributed by atoms with van der Waals surface area (Å²) in [6.07, 6.45) is 0. The third kappa shape index (κ3) is 5.77. The molecule has 2 heterocycles. The average Bonchev–Trinajstić information content (AvgIpc) is 3.20. The summed E-state index contributed by atoms with van der Waals surface area (Å²) in [4.78, 5) is 13.9. The Kier molecular flexibility index (Phi) is 7.26. The van der Waals surface area contributed by atoms with Gasteiger partial charge in [0.2, 0.25) is 11.1 Å². The topological polar surface area (TPSA) is 86.4 Å². The highest BCUT2D eigenvalue weighted by Crippen LogP contribution is 2.20. The lowest BCUT2D eigenvalue weighted by Crippen LogP contribution is -3.22. The maximum atomic E-state index is 12.4. The van der Waals surface area contributed by atoms with Gasteiger partial charge in [0.05, 0.1) is 31.2 Å². The summed E-state index contributed by atoms with van der Waals surface area (Å²) in [6, 6.07) is 8.17. The van der Waals surface area contributed by atoms with Crippen LogP contribution >= 0.6 is 11.8 Å². The van der Waals surface area contributed by atoms with E-state index in [0.29, 0.717) is 17.6 Å². The van der Waals surface area contributed by atoms with E-state index >= 15 is 0 Å². The number of rotatable bonds is 8. The zero-order valence-electron chi connectivity index (χ0n) is 17.6. The van der Waals surface area contributed by atoms with Crippen LogP contribution in [0.1, 0.15) is 39.2 Å². The zero-order chi connectivity index (χ0) is 20.9. The molecule has 2 aromatic rings. The molecule has 0 bridgehead atoms. The van der Waals surface area contributed by atoms with Crippen LogP contribution in [0.5, 0.6) is 0 Å². The van der Waals surface area contributed by atoms with Gasteiger partial charge in [-0.25, -0.2) is 0 Å². The number of thioether (sulfide) groups is 1. The molecule has 158 valence electrons. The van der Waals surface area contributed by atoms with E-state index in [4.69, 9.17) is 4.74 Å². The predicted octanol–water partition coefficient (Wildman–Crippen LogP) is 0.688. The van der Waals surface area contributed by atoms with Crippen molar-refractivity contribution in [3.05, 3.63) is 29.8 Å². The summed E-state index contributed by atoms with van der Waals surface area (Å²) in [5.74, 6) is 0.735. The number of benzene rings is 1. The molecule has 1 aliphatic rings. The second kappa shape index (κ2) is 9.69. The molecule has 3 rings (SSSR count). The fourth-order valence-electron chi connectivity index (χ4n) is 3.35. The molecular weight excluding hydrogens is 388 g/mol. The number of hydrogen-bond donors (Lipinski definition) is 2. The van der Waals surface area contributed by atoms with Crippen LogP contribution in [0.2, 0.25) is 0 Å². The number of morpholine rings is 1. The van der Waals surface area contributed by atoms with Gasteiger partial charge in [0, 0.05) is 0 Å². The van der Waals surface area contributed by atoms with Gasteiger partial charge in [0.1, 0.15) is 18.6 Å². The van der Waals surface area contributed by atoms with Crippen LogP contribution in [-0.4, -0.2) is 70.3 Å². The molecule has 0 unspecified atom stereocenters. The molecule has 0 aliphatic carbocycles. The minimum atomic E-state index is -0.0240. The standard InChI is InChI=1S/C20H30N6O2S/c1-15(2)16-5-7-17(8-6-16)26-19(22-23-24-26)29-13-18(27)21-14-20(3,4)25-9-11-28-12-10-25/h5-8,15H,9-14H2,1-4H3,(H,21,27)/p+1. The number of ether oxygens (including phenoxy) is 1. The molecule has 8 nitrogen and oxygen atoms in total. The monoisotopic (exact) mass is 419 g/mol. The molecule has 1 aromatic heterocycles. The molecule has 1 fully saturated rings. The summed E-state index contributed by atoms with van der Waals surface area (Å²) < 4.78 is 7.10.